The number of carbonyl (C=O) groups is 1. The summed E-state index contributed by atoms with van der Waals surface area (Å²) in [5, 5.41) is 7.55. The number of nitrogens with one attached hydrogen (secondary N) is 1. The van der Waals surface area contributed by atoms with Crippen molar-refractivity contribution >= 4 is 23.4 Å². The van der Waals surface area contributed by atoms with E-state index in [4.69, 9.17) is 4.74 Å². The van der Waals surface area contributed by atoms with Crippen LogP contribution in [0.2, 0.25) is 0 Å². The third-order valence-electron chi connectivity index (χ3n) is 5.17. The number of piperazine rings is 1. The Morgan fingerprint density at radius 3 is 2.43 bits per heavy atom. The average Bonchev–Trinajstić information content (AvgIpc) is 3.27. The first-order chi connectivity index (χ1) is 14.6. The molecule has 1 fully saturated rings. The predicted molar refractivity (Wildman–Crippen MR) is 119 cm³/mol. The molecule has 1 aromatic heterocycles. The molecule has 8 heteroatoms. The number of aromatic amines is 1. The van der Waals surface area contributed by atoms with Crippen LogP contribution in [-0.4, -0.2) is 64.5 Å². The summed E-state index contributed by atoms with van der Waals surface area (Å²) in [5.74, 6) is 1.60. The Hall–Kier alpha value is -3.00. The lowest BCUT2D eigenvalue weighted by molar-refractivity contribution is -0.130. The quantitative estimate of drug-likeness (QED) is 0.613. The molecule has 1 saturated heterocycles. The fourth-order valence-corrected chi connectivity index (χ4v) is 4.28. The Kier molecular flexibility index (Phi) is 6.23. The molecule has 1 atom stereocenters. The normalized spacial score (nSPS) is 15.1. The zero-order chi connectivity index (χ0) is 20.9. The minimum atomic E-state index is -0.243. The maximum Gasteiger partial charge on any atom is 0.236 e. The maximum absolute atomic E-state index is 12.9. The molecule has 0 unspecified atom stereocenters. The smallest absolute Gasteiger partial charge is 0.236 e. The van der Waals surface area contributed by atoms with Crippen molar-refractivity contribution in [2.75, 3.05) is 38.2 Å². The van der Waals surface area contributed by atoms with Gasteiger partial charge in [-0.2, -0.15) is 0 Å². The van der Waals surface area contributed by atoms with Crippen LogP contribution in [0.15, 0.2) is 59.8 Å². The van der Waals surface area contributed by atoms with E-state index in [0.29, 0.717) is 11.0 Å². The van der Waals surface area contributed by atoms with Crippen LogP contribution in [0.25, 0.3) is 11.4 Å². The Morgan fingerprint density at radius 2 is 1.77 bits per heavy atom. The Bertz CT molecular complexity index is 969. The number of rotatable bonds is 6. The summed E-state index contributed by atoms with van der Waals surface area (Å²) in [6, 6.07) is 17.9. The van der Waals surface area contributed by atoms with E-state index in [9.17, 15) is 4.79 Å². The van der Waals surface area contributed by atoms with E-state index in [1.807, 2.05) is 54.3 Å². The highest BCUT2D eigenvalue weighted by Crippen LogP contribution is 2.25. The second kappa shape index (κ2) is 9.21. The van der Waals surface area contributed by atoms with Crippen LogP contribution >= 0.6 is 11.8 Å². The lowest BCUT2D eigenvalue weighted by Gasteiger charge is -2.37. The van der Waals surface area contributed by atoms with Gasteiger partial charge in [-0.25, -0.2) is 4.98 Å². The van der Waals surface area contributed by atoms with Gasteiger partial charge in [0, 0.05) is 37.4 Å². The van der Waals surface area contributed by atoms with Gasteiger partial charge in [0.25, 0.3) is 0 Å². The molecule has 2 heterocycles. The highest BCUT2D eigenvalue weighted by atomic mass is 32.2. The highest BCUT2D eigenvalue weighted by molar-refractivity contribution is 8.00. The number of aromatic nitrogens is 3. The molecule has 1 amide bonds. The zero-order valence-corrected chi connectivity index (χ0v) is 17.9. The van der Waals surface area contributed by atoms with Crippen molar-refractivity contribution in [1.82, 2.24) is 20.1 Å². The van der Waals surface area contributed by atoms with Crippen molar-refractivity contribution in [2.45, 2.75) is 17.3 Å². The first-order valence-corrected chi connectivity index (χ1v) is 10.8. The molecule has 2 aromatic carbocycles. The molecule has 0 spiro atoms. The van der Waals surface area contributed by atoms with Crippen molar-refractivity contribution in [3.8, 4) is 17.1 Å². The van der Waals surface area contributed by atoms with Gasteiger partial charge in [-0.05, 0) is 43.3 Å². The summed E-state index contributed by atoms with van der Waals surface area (Å²) in [7, 11) is 1.64. The lowest BCUT2D eigenvalue weighted by atomic mass is 10.2. The first-order valence-electron chi connectivity index (χ1n) is 9.96. The van der Waals surface area contributed by atoms with Gasteiger partial charge < -0.3 is 14.5 Å². The molecule has 0 aliphatic carbocycles. The largest absolute Gasteiger partial charge is 0.497 e. The van der Waals surface area contributed by atoms with E-state index in [1.54, 1.807) is 7.11 Å². The fraction of sp³-hybridized carbons (Fsp3) is 0.318. The van der Waals surface area contributed by atoms with Gasteiger partial charge in [0.2, 0.25) is 11.1 Å². The average molecular weight is 424 g/mol. The van der Waals surface area contributed by atoms with Crippen molar-refractivity contribution in [3.05, 3.63) is 54.6 Å². The Morgan fingerprint density at radius 1 is 1.07 bits per heavy atom. The zero-order valence-electron chi connectivity index (χ0n) is 17.1. The number of thioether (sulfide) groups is 1. The second-order valence-corrected chi connectivity index (χ2v) is 8.41. The van der Waals surface area contributed by atoms with Crippen LogP contribution in [0, 0.1) is 0 Å². The summed E-state index contributed by atoms with van der Waals surface area (Å²) in [4.78, 5) is 21.7. The maximum atomic E-state index is 12.9. The SMILES string of the molecule is COc1ccc(-c2nc(S[C@@H](C)C(=O)N3CCN(c4ccccc4)CC3)n[nH]2)cc1. The van der Waals surface area contributed by atoms with E-state index in [0.717, 1.165) is 37.5 Å². The number of H-pyrrole nitrogens is 1. The first kappa shape index (κ1) is 20.3. The van der Waals surface area contributed by atoms with Crippen LogP contribution in [-0.2, 0) is 4.79 Å². The molecule has 0 bridgehead atoms. The minimum absolute atomic E-state index is 0.128. The Labute approximate surface area is 180 Å². The number of anilines is 1. The van der Waals surface area contributed by atoms with Crippen LogP contribution < -0.4 is 9.64 Å². The number of para-hydroxylation sites is 1. The molecule has 7 nitrogen and oxygen atoms in total. The van der Waals surface area contributed by atoms with E-state index < -0.39 is 0 Å². The summed E-state index contributed by atoms with van der Waals surface area (Å²) in [6.07, 6.45) is 0. The van der Waals surface area contributed by atoms with Gasteiger partial charge in [-0.1, -0.05) is 30.0 Å². The predicted octanol–water partition coefficient (Wildman–Crippen LogP) is 3.31. The number of hydrogen-bond acceptors (Lipinski definition) is 6. The summed E-state index contributed by atoms with van der Waals surface area (Å²) in [5.41, 5.74) is 2.13. The number of hydrogen-bond donors (Lipinski definition) is 1. The number of ether oxygens (including phenoxy) is 1. The van der Waals surface area contributed by atoms with Gasteiger partial charge in [0.15, 0.2) is 5.82 Å². The van der Waals surface area contributed by atoms with Crippen molar-refractivity contribution in [2.24, 2.45) is 0 Å². The van der Waals surface area contributed by atoms with E-state index in [2.05, 4.69) is 32.2 Å². The molecule has 1 aliphatic heterocycles. The van der Waals surface area contributed by atoms with Crippen molar-refractivity contribution in [3.63, 3.8) is 0 Å². The van der Waals surface area contributed by atoms with Gasteiger partial charge in [-0.15, -0.1) is 5.10 Å². The Balaban J connectivity index is 1.32. The standard InChI is InChI=1S/C22H25N5O2S/c1-16(21(28)27-14-12-26(13-15-27)18-6-4-3-5-7-18)30-22-23-20(24-25-22)17-8-10-19(29-2)11-9-17/h3-11,16H,12-15H2,1-2H3,(H,23,24,25)/t16-/m0/s1. The number of carbonyl (C=O) groups excluding carboxylic acids is 1. The number of methoxy groups -OCH3 is 1. The van der Waals surface area contributed by atoms with Crippen LogP contribution in [0.4, 0.5) is 5.69 Å². The molecule has 156 valence electrons. The van der Waals surface area contributed by atoms with Gasteiger partial charge >= 0.3 is 0 Å². The van der Waals surface area contributed by atoms with Gasteiger partial charge in [0.05, 0.1) is 12.4 Å². The van der Waals surface area contributed by atoms with E-state index >= 15 is 0 Å². The highest BCUT2D eigenvalue weighted by Gasteiger charge is 2.26. The molecule has 0 saturated carbocycles. The molecule has 30 heavy (non-hydrogen) atoms. The topological polar surface area (TPSA) is 74.3 Å². The number of nitrogens with zero attached hydrogens (tertiary/aromatic N) is 4. The van der Waals surface area contributed by atoms with Crippen molar-refractivity contribution < 1.29 is 9.53 Å². The molecule has 1 N–H and O–H groups in total. The summed E-state index contributed by atoms with van der Waals surface area (Å²) >= 11 is 1.38. The van der Waals surface area contributed by atoms with Crippen LogP contribution in [0.5, 0.6) is 5.75 Å². The van der Waals surface area contributed by atoms with Crippen LogP contribution in [0.3, 0.4) is 0 Å². The number of amides is 1. The van der Waals surface area contributed by atoms with E-state index in [-0.39, 0.29) is 11.2 Å². The summed E-state index contributed by atoms with van der Waals surface area (Å²) in [6.45, 7) is 5.05. The van der Waals surface area contributed by atoms with Gasteiger partial charge in [0.1, 0.15) is 5.75 Å². The van der Waals surface area contributed by atoms with E-state index in [1.165, 1.54) is 17.4 Å². The lowest BCUT2D eigenvalue weighted by Crippen LogP contribution is -2.50. The number of benzene rings is 2. The molecular weight excluding hydrogens is 398 g/mol. The summed E-state index contributed by atoms with van der Waals surface area (Å²) < 4.78 is 5.18. The third kappa shape index (κ3) is 4.59. The molecule has 3 aromatic rings. The van der Waals surface area contributed by atoms with Crippen LogP contribution in [0.1, 0.15) is 6.92 Å². The second-order valence-electron chi connectivity index (χ2n) is 7.10. The molecular formula is C22H25N5O2S. The molecule has 1 aliphatic rings. The monoisotopic (exact) mass is 423 g/mol. The fourth-order valence-electron chi connectivity index (χ4n) is 3.47. The molecule has 4 rings (SSSR count). The van der Waals surface area contributed by atoms with Gasteiger partial charge in [-0.3, -0.25) is 9.89 Å². The molecule has 0 radical (unpaired) electrons. The van der Waals surface area contributed by atoms with Crippen molar-refractivity contribution in [1.29, 1.82) is 0 Å². The minimum Gasteiger partial charge on any atom is -0.497 e. The third-order valence-corrected chi connectivity index (χ3v) is 6.12.